The Labute approximate surface area is 130 Å². The molecule has 2 saturated heterocycles. The lowest BCUT2D eigenvalue weighted by Gasteiger charge is -2.42. The molecule has 0 bridgehead atoms. The number of methoxy groups -OCH3 is 1. The summed E-state index contributed by atoms with van der Waals surface area (Å²) in [6.45, 7) is 7.13. The summed E-state index contributed by atoms with van der Waals surface area (Å²) in [7, 11) is 1.71. The number of hydrogen-bond donors (Lipinski definition) is 0. The lowest BCUT2D eigenvalue weighted by Crippen LogP contribution is -2.54. The van der Waals surface area contributed by atoms with E-state index in [1.54, 1.807) is 7.11 Å². The van der Waals surface area contributed by atoms with Crippen molar-refractivity contribution in [1.82, 2.24) is 9.80 Å². The highest BCUT2D eigenvalue weighted by Gasteiger charge is 2.34. The van der Waals surface area contributed by atoms with Crippen molar-refractivity contribution in [3.8, 4) is 5.75 Å². The normalized spacial score (nSPS) is 27.6. The predicted octanol–water partition coefficient (Wildman–Crippen LogP) is 3.13. The van der Waals surface area contributed by atoms with Crippen molar-refractivity contribution in [3.05, 3.63) is 28.2 Å². The maximum absolute atomic E-state index is 5.30. The van der Waals surface area contributed by atoms with Crippen molar-refractivity contribution in [1.29, 1.82) is 0 Å². The summed E-state index contributed by atoms with van der Waals surface area (Å²) in [4.78, 5) is 5.30. The molecule has 20 heavy (non-hydrogen) atoms. The van der Waals surface area contributed by atoms with Crippen molar-refractivity contribution < 1.29 is 4.74 Å². The van der Waals surface area contributed by atoms with Gasteiger partial charge in [-0.05, 0) is 59.9 Å². The van der Waals surface area contributed by atoms with Crippen molar-refractivity contribution in [2.24, 2.45) is 0 Å². The number of ether oxygens (including phenoxy) is 1. The van der Waals surface area contributed by atoms with Crippen LogP contribution in [-0.2, 0) is 6.54 Å². The Morgan fingerprint density at radius 3 is 2.95 bits per heavy atom. The van der Waals surface area contributed by atoms with Crippen LogP contribution in [-0.4, -0.2) is 48.6 Å². The van der Waals surface area contributed by atoms with Gasteiger partial charge in [0.25, 0.3) is 0 Å². The Hall–Kier alpha value is -0.580. The lowest BCUT2D eigenvalue weighted by atomic mass is 10.1. The fourth-order valence-electron chi connectivity index (χ4n) is 3.51. The van der Waals surface area contributed by atoms with Gasteiger partial charge in [-0.15, -0.1) is 0 Å². The highest BCUT2D eigenvalue weighted by Crippen LogP contribution is 2.29. The standard InChI is InChI=1S/C16H23BrN2O/c1-12-9-18-7-3-4-14(18)11-19(12)10-13-5-6-16(20-2)15(17)8-13/h5-6,8,12,14H,3-4,7,9-11H2,1-2H3/t12-,14-/m1/s1. The van der Waals surface area contributed by atoms with E-state index < -0.39 is 0 Å². The van der Waals surface area contributed by atoms with Crippen molar-refractivity contribution in [3.63, 3.8) is 0 Å². The van der Waals surface area contributed by atoms with Crippen molar-refractivity contribution in [2.45, 2.75) is 38.4 Å². The number of hydrogen-bond acceptors (Lipinski definition) is 3. The minimum atomic E-state index is 0.644. The summed E-state index contributed by atoms with van der Waals surface area (Å²) in [5, 5.41) is 0. The van der Waals surface area contributed by atoms with Crippen LogP contribution in [0.2, 0.25) is 0 Å². The largest absolute Gasteiger partial charge is 0.496 e. The smallest absolute Gasteiger partial charge is 0.133 e. The van der Waals surface area contributed by atoms with Crippen LogP contribution in [0.15, 0.2) is 22.7 Å². The van der Waals surface area contributed by atoms with Gasteiger partial charge in [-0.3, -0.25) is 9.80 Å². The maximum atomic E-state index is 5.30. The monoisotopic (exact) mass is 338 g/mol. The fraction of sp³-hybridized carbons (Fsp3) is 0.625. The number of fused-ring (bicyclic) bond motifs is 1. The molecular formula is C16H23BrN2O. The molecule has 1 aromatic rings. The maximum Gasteiger partial charge on any atom is 0.133 e. The first-order valence-electron chi connectivity index (χ1n) is 7.48. The molecule has 3 rings (SSSR count). The first-order valence-corrected chi connectivity index (χ1v) is 8.27. The van der Waals surface area contributed by atoms with E-state index >= 15 is 0 Å². The molecule has 0 radical (unpaired) electrons. The zero-order valence-corrected chi connectivity index (χ0v) is 13.9. The Morgan fingerprint density at radius 1 is 1.35 bits per heavy atom. The van der Waals surface area contributed by atoms with Crippen LogP contribution in [0, 0.1) is 0 Å². The molecule has 0 saturated carbocycles. The molecule has 2 aliphatic heterocycles. The Bertz CT molecular complexity index is 480. The number of piperazine rings is 1. The number of nitrogens with zero attached hydrogens (tertiary/aromatic N) is 2. The predicted molar refractivity (Wildman–Crippen MR) is 85.2 cm³/mol. The summed E-state index contributed by atoms with van der Waals surface area (Å²) in [6, 6.07) is 7.85. The summed E-state index contributed by atoms with van der Waals surface area (Å²) in [6.07, 6.45) is 2.74. The molecule has 110 valence electrons. The van der Waals surface area contributed by atoms with Gasteiger partial charge in [0.1, 0.15) is 5.75 Å². The SMILES string of the molecule is COc1ccc(CN2C[C@H]3CCCN3C[C@H]2C)cc1Br. The molecule has 0 aliphatic carbocycles. The topological polar surface area (TPSA) is 15.7 Å². The molecule has 0 spiro atoms. The van der Waals surface area contributed by atoms with Gasteiger partial charge in [-0.25, -0.2) is 0 Å². The Kier molecular flexibility index (Phi) is 4.34. The van der Waals surface area contributed by atoms with E-state index in [0.717, 1.165) is 22.8 Å². The van der Waals surface area contributed by atoms with Gasteiger partial charge in [0.15, 0.2) is 0 Å². The van der Waals surface area contributed by atoms with Crippen LogP contribution in [0.4, 0.5) is 0 Å². The van der Waals surface area contributed by atoms with Gasteiger partial charge in [0.2, 0.25) is 0 Å². The molecule has 0 amide bonds. The third kappa shape index (κ3) is 2.87. The second kappa shape index (κ2) is 6.04. The summed E-state index contributed by atoms with van der Waals surface area (Å²) in [5.74, 6) is 0.905. The molecular weight excluding hydrogens is 316 g/mol. The van der Waals surface area contributed by atoms with E-state index in [0.29, 0.717) is 6.04 Å². The zero-order chi connectivity index (χ0) is 14.1. The average Bonchev–Trinajstić information content (AvgIpc) is 2.86. The summed E-state index contributed by atoms with van der Waals surface area (Å²) in [5.41, 5.74) is 1.36. The molecule has 1 aromatic carbocycles. The Balaban J connectivity index is 1.69. The van der Waals surface area contributed by atoms with Gasteiger partial charge in [0.05, 0.1) is 11.6 Å². The minimum Gasteiger partial charge on any atom is -0.496 e. The first-order chi connectivity index (χ1) is 9.67. The van der Waals surface area contributed by atoms with Crippen LogP contribution < -0.4 is 4.74 Å². The third-order valence-electron chi connectivity index (χ3n) is 4.67. The van der Waals surface area contributed by atoms with Gasteiger partial charge >= 0.3 is 0 Å². The molecule has 2 aliphatic rings. The van der Waals surface area contributed by atoms with Gasteiger partial charge in [0, 0.05) is 31.7 Å². The van der Waals surface area contributed by atoms with Crippen LogP contribution in [0.5, 0.6) is 5.75 Å². The summed E-state index contributed by atoms with van der Waals surface area (Å²) >= 11 is 3.58. The van der Waals surface area contributed by atoms with Crippen LogP contribution in [0.25, 0.3) is 0 Å². The van der Waals surface area contributed by atoms with E-state index in [4.69, 9.17) is 4.74 Å². The van der Waals surface area contributed by atoms with Gasteiger partial charge < -0.3 is 4.74 Å². The van der Waals surface area contributed by atoms with E-state index in [9.17, 15) is 0 Å². The molecule has 0 N–H and O–H groups in total. The quantitative estimate of drug-likeness (QED) is 0.842. The highest BCUT2D eigenvalue weighted by molar-refractivity contribution is 9.10. The van der Waals surface area contributed by atoms with E-state index in [1.807, 2.05) is 0 Å². The zero-order valence-electron chi connectivity index (χ0n) is 12.3. The van der Waals surface area contributed by atoms with Crippen LogP contribution in [0.3, 0.4) is 0 Å². The van der Waals surface area contributed by atoms with Crippen molar-refractivity contribution >= 4 is 15.9 Å². The second-order valence-corrected chi connectivity index (χ2v) is 6.89. The number of halogens is 1. The Morgan fingerprint density at radius 2 is 2.20 bits per heavy atom. The van der Waals surface area contributed by atoms with Crippen LogP contribution in [0.1, 0.15) is 25.3 Å². The molecule has 0 unspecified atom stereocenters. The molecule has 2 atom stereocenters. The fourth-order valence-corrected chi connectivity index (χ4v) is 4.10. The van der Waals surface area contributed by atoms with Crippen LogP contribution >= 0.6 is 15.9 Å². The average molecular weight is 339 g/mol. The second-order valence-electron chi connectivity index (χ2n) is 6.04. The molecule has 2 heterocycles. The van der Waals surface area contributed by atoms with E-state index in [1.165, 1.54) is 38.0 Å². The van der Waals surface area contributed by atoms with E-state index in [-0.39, 0.29) is 0 Å². The van der Waals surface area contributed by atoms with Gasteiger partial charge in [-0.2, -0.15) is 0 Å². The number of benzene rings is 1. The molecule has 3 nitrogen and oxygen atoms in total. The molecule has 4 heteroatoms. The highest BCUT2D eigenvalue weighted by atomic mass is 79.9. The minimum absolute atomic E-state index is 0.644. The number of rotatable bonds is 3. The third-order valence-corrected chi connectivity index (χ3v) is 5.29. The van der Waals surface area contributed by atoms with Gasteiger partial charge in [-0.1, -0.05) is 6.07 Å². The molecule has 2 fully saturated rings. The molecule has 0 aromatic heterocycles. The van der Waals surface area contributed by atoms with E-state index in [2.05, 4.69) is 50.9 Å². The van der Waals surface area contributed by atoms with Crippen molar-refractivity contribution in [2.75, 3.05) is 26.7 Å². The summed E-state index contributed by atoms with van der Waals surface area (Å²) < 4.78 is 6.35. The lowest BCUT2D eigenvalue weighted by molar-refractivity contribution is 0.0540. The first kappa shape index (κ1) is 14.4.